The number of nitrogens with one attached hydrogen (secondary N) is 1. The number of hydrogen-bond acceptors (Lipinski definition) is 5. The standard InChI is InChI=1S/C17H20N2O7/c18-12(6-9-4-2-1-3-5-9)13(20)19-17(16(25)26)7-10(14(21)22)11(8-17)15(23)24/h1-5,10-12H,6-8,18H2,(H,19,20)(H,21,22)(H,23,24)(H,25,26)/t10-,11+,12?,17?. The van der Waals surface area contributed by atoms with Crippen LogP contribution in [0.15, 0.2) is 30.3 Å². The fraction of sp³-hybridized carbons (Fsp3) is 0.412. The van der Waals surface area contributed by atoms with Crippen LogP contribution in [0, 0.1) is 11.8 Å². The van der Waals surface area contributed by atoms with Gasteiger partial charge in [0.1, 0.15) is 5.54 Å². The van der Waals surface area contributed by atoms with E-state index in [2.05, 4.69) is 5.32 Å². The van der Waals surface area contributed by atoms with Crippen molar-refractivity contribution in [1.82, 2.24) is 5.32 Å². The van der Waals surface area contributed by atoms with Gasteiger partial charge in [-0.25, -0.2) is 4.79 Å². The van der Waals surface area contributed by atoms with Gasteiger partial charge in [0.25, 0.3) is 0 Å². The molecule has 1 aliphatic carbocycles. The molecule has 9 nitrogen and oxygen atoms in total. The minimum absolute atomic E-state index is 0.160. The number of nitrogens with two attached hydrogens (primary N) is 1. The summed E-state index contributed by atoms with van der Waals surface area (Å²) in [5.74, 6) is -7.89. The van der Waals surface area contributed by atoms with Crippen molar-refractivity contribution in [3.63, 3.8) is 0 Å². The van der Waals surface area contributed by atoms with Crippen LogP contribution in [0.25, 0.3) is 0 Å². The van der Waals surface area contributed by atoms with Crippen molar-refractivity contribution >= 4 is 23.8 Å². The zero-order chi connectivity index (χ0) is 19.5. The fourth-order valence-corrected chi connectivity index (χ4v) is 3.26. The van der Waals surface area contributed by atoms with Crippen molar-refractivity contribution in [2.24, 2.45) is 17.6 Å². The molecule has 0 saturated heterocycles. The average Bonchev–Trinajstić information content (AvgIpc) is 2.97. The molecular weight excluding hydrogens is 344 g/mol. The van der Waals surface area contributed by atoms with E-state index in [1.165, 1.54) is 0 Å². The highest BCUT2D eigenvalue weighted by Gasteiger charge is 2.56. The van der Waals surface area contributed by atoms with Gasteiger partial charge in [0.05, 0.1) is 17.9 Å². The summed E-state index contributed by atoms with van der Waals surface area (Å²) < 4.78 is 0. The molecule has 4 atom stereocenters. The summed E-state index contributed by atoms with van der Waals surface area (Å²) in [4.78, 5) is 46.7. The van der Waals surface area contributed by atoms with Gasteiger partial charge in [-0.3, -0.25) is 14.4 Å². The molecule has 0 aromatic heterocycles. The zero-order valence-corrected chi connectivity index (χ0v) is 13.8. The van der Waals surface area contributed by atoms with Gasteiger partial charge in [0, 0.05) is 0 Å². The van der Waals surface area contributed by atoms with E-state index >= 15 is 0 Å². The number of carbonyl (C=O) groups is 4. The zero-order valence-electron chi connectivity index (χ0n) is 13.8. The lowest BCUT2D eigenvalue weighted by Gasteiger charge is -2.27. The highest BCUT2D eigenvalue weighted by molar-refractivity contribution is 5.92. The first-order chi connectivity index (χ1) is 12.2. The van der Waals surface area contributed by atoms with E-state index in [-0.39, 0.29) is 6.42 Å². The maximum atomic E-state index is 12.4. The van der Waals surface area contributed by atoms with Gasteiger partial charge >= 0.3 is 17.9 Å². The molecule has 0 radical (unpaired) electrons. The number of carboxylic acids is 3. The summed E-state index contributed by atoms with van der Waals surface area (Å²) in [5, 5.41) is 30.2. The lowest BCUT2D eigenvalue weighted by atomic mass is 9.94. The van der Waals surface area contributed by atoms with Gasteiger partial charge in [0.15, 0.2) is 0 Å². The van der Waals surface area contributed by atoms with E-state index in [0.29, 0.717) is 0 Å². The highest BCUT2D eigenvalue weighted by Crippen LogP contribution is 2.40. The molecule has 0 bridgehead atoms. The van der Waals surface area contributed by atoms with Crippen molar-refractivity contribution < 1.29 is 34.5 Å². The molecule has 1 saturated carbocycles. The Morgan fingerprint density at radius 2 is 1.54 bits per heavy atom. The second kappa shape index (κ2) is 7.52. The minimum Gasteiger partial charge on any atom is -0.481 e. The van der Waals surface area contributed by atoms with Crippen LogP contribution >= 0.6 is 0 Å². The Balaban J connectivity index is 2.17. The maximum Gasteiger partial charge on any atom is 0.329 e. The SMILES string of the molecule is NC(Cc1ccccc1)C(=O)NC1(C(=O)O)C[C@H](C(=O)O)[C@H](C(=O)O)C1. The average molecular weight is 364 g/mol. The van der Waals surface area contributed by atoms with E-state index < -0.39 is 60.1 Å². The number of carbonyl (C=O) groups excluding carboxylic acids is 1. The molecule has 9 heteroatoms. The molecule has 0 spiro atoms. The van der Waals surface area contributed by atoms with Crippen molar-refractivity contribution in [3.8, 4) is 0 Å². The van der Waals surface area contributed by atoms with Crippen LogP contribution in [0.4, 0.5) is 0 Å². The normalized spacial score (nSPS) is 26.0. The molecule has 1 fully saturated rings. The number of carboxylic acid groups (broad SMARTS) is 3. The summed E-state index contributed by atoms with van der Waals surface area (Å²) in [7, 11) is 0. The molecule has 1 amide bonds. The Morgan fingerprint density at radius 1 is 1.04 bits per heavy atom. The third-order valence-corrected chi connectivity index (χ3v) is 4.66. The number of hydrogen-bond donors (Lipinski definition) is 5. The lowest BCUT2D eigenvalue weighted by molar-refractivity contribution is -0.152. The number of amides is 1. The Kier molecular flexibility index (Phi) is 5.61. The van der Waals surface area contributed by atoms with Gasteiger partial charge in [-0.1, -0.05) is 30.3 Å². The number of aliphatic carboxylic acids is 3. The molecule has 6 N–H and O–H groups in total. The van der Waals surface area contributed by atoms with Crippen molar-refractivity contribution in [1.29, 1.82) is 0 Å². The topological polar surface area (TPSA) is 167 Å². The summed E-state index contributed by atoms with van der Waals surface area (Å²) in [6.07, 6.45) is -0.871. The van der Waals surface area contributed by atoms with Gasteiger partial charge in [0.2, 0.25) is 5.91 Å². The third-order valence-electron chi connectivity index (χ3n) is 4.66. The summed E-state index contributed by atoms with van der Waals surface area (Å²) in [6, 6.07) is 7.80. The van der Waals surface area contributed by atoms with Crippen LogP contribution in [0.5, 0.6) is 0 Å². The molecule has 140 valence electrons. The third kappa shape index (κ3) is 3.99. The highest BCUT2D eigenvalue weighted by atomic mass is 16.4. The predicted octanol–water partition coefficient (Wildman–Crippen LogP) is -0.309. The molecule has 26 heavy (non-hydrogen) atoms. The largest absolute Gasteiger partial charge is 0.481 e. The number of rotatable bonds is 7. The molecule has 1 aromatic carbocycles. The fourth-order valence-electron chi connectivity index (χ4n) is 3.26. The molecule has 0 aliphatic heterocycles. The van der Waals surface area contributed by atoms with Crippen molar-refractivity contribution in [3.05, 3.63) is 35.9 Å². The monoisotopic (exact) mass is 364 g/mol. The van der Waals surface area contributed by atoms with Gasteiger partial charge in [-0.15, -0.1) is 0 Å². The first kappa shape index (κ1) is 19.4. The Hall–Kier alpha value is -2.94. The van der Waals surface area contributed by atoms with Gasteiger partial charge < -0.3 is 26.4 Å². The first-order valence-corrected chi connectivity index (χ1v) is 7.97. The summed E-state index contributed by atoms with van der Waals surface area (Å²) >= 11 is 0. The van der Waals surface area contributed by atoms with Crippen LogP contribution in [0.3, 0.4) is 0 Å². The van der Waals surface area contributed by atoms with E-state index in [4.69, 9.17) is 5.73 Å². The first-order valence-electron chi connectivity index (χ1n) is 7.97. The molecule has 1 aromatic rings. The maximum absolute atomic E-state index is 12.4. The second-order valence-electron chi connectivity index (χ2n) is 6.47. The quantitative estimate of drug-likeness (QED) is 0.439. The number of benzene rings is 1. The van der Waals surface area contributed by atoms with Crippen LogP contribution < -0.4 is 11.1 Å². The van der Waals surface area contributed by atoms with E-state index in [1.807, 2.05) is 0 Å². The van der Waals surface area contributed by atoms with Gasteiger partial charge in [-0.05, 0) is 24.8 Å². The Morgan fingerprint density at radius 3 is 1.96 bits per heavy atom. The molecule has 2 unspecified atom stereocenters. The molecule has 1 aliphatic rings. The molecule has 2 rings (SSSR count). The van der Waals surface area contributed by atoms with Crippen LogP contribution in [0.2, 0.25) is 0 Å². The predicted molar refractivity (Wildman–Crippen MR) is 88.1 cm³/mol. The van der Waals surface area contributed by atoms with E-state index in [9.17, 15) is 34.5 Å². The second-order valence-corrected chi connectivity index (χ2v) is 6.47. The summed E-state index contributed by atoms with van der Waals surface area (Å²) in [5.41, 5.74) is 4.64. The van der Waals surface area contributed by atoms with Gasteiger partial charge in [-0.2, -0.15) is 0 Å². The van der Waals surface area contributed by atoms with E-state index in [0.717, 1.165) is 5.56 Å². The van der Waals surface area contributed by atoms with Crippen LogP contribution in [0.1, 0.15) is 18.4 Å². The Bertz CT molecular complexity index is 697. The smallest absolute Gasteiger partial charge is 0.329 e. The van der Waals surface area contributed by atoms with Crippen molar-refractivity contribution in [2.45, 2.75) is 30.8 Å². The summed E-state index contributed by atoms with van der Waals surface area (Å²) in [6.45, 7) is 0. The molecule has 0 heterocycles. The minimum atomic E-state index is -1.97. The van der Waals surface area contributed by atoms with Crippen LogP contribution in [-0.2, 0) is 25.6 Å². The molecular formula is C17H20N2O7. The van der Waals surface area contributed by atoms with Crippen LogP contribution in [-0.4, -0.2) is 50.7 Å². The Labute approximate surface area is 148 Å². The lowest BCUT2D eigenvalue weighted by Crippen LogP contribution is -2.57. The van der Waals surface area contributed by atoms with E-state index in [1.54, 1.807) is 30.3 Å². The van der Waals surface area contributed by atoms with Crippen molar-refractivity contribution in [2.75, 3.05) is 0 Å².